The van der Waals surface area contributed by atoms with Crippen LogP contribution in [0.15, 0.2) is 42.5 Å². The lowest BCUT2D eigenvalue weighted by Gasteiger charge is -2.08. The van der Waals surface area contributed by atoms with Crippen molar-refractivity contribution in [3.05, 3.63) is 58.7 Å². The van der Waals surface area contributed by atoms with E-state index < -0.39 is 0 Å². The highest BCUT2D eigenvalue weighted by Gasteiger charge is 2.04. The maximum atomic E-state index is 6.06. The van der Waals surface area contributed by atoms with Gasteiger partial charge in [-0.1, -0.05) is 41.9 Å². The smallest absolute Gasteiger partial charge is 0.213 e. The van der Waals surface area contributed by atoms with E-state index in [4.69, 9.17) is 16.3 Å². The Morgan fingerprint density at radius 3 is 2.70 bits per heavy atom. The molecule has 106 valence electrons. The number of hydrogen-bond donors (Lipinski definition) is 1. The third-order valence-corrected chi connectivity index (χ3v) is 3.28. The summed E-state index contributed by atoms with van der Waals surface area (Å²) in [6.07, 6.45) is 1.98. The molecule has 0 unspecified atom stereocenters. The van der Waals surface area contributed by atoms with Crippen LogP contribution in [0.2, 0.25) is 5.02 Å². The van der Waals surface area contributed by atoms with E-state index in [0.717, 1.165) is 18.5 Å². The van der Waals surface area contributed by atoms with E-state index in [1.807, 2.05) is 25.2 Å². The summed E-state index contributed by atoms with van der Waals surface area (Å²) in [4.78, 5) is 4.39. The number of pyridine rings is 1. The first-order valence-corrected chi connectivity index (χ1v) is 7.14. The highest BCUT2D eigenvalue weighted by Crippen LogP contribution is 2.18. The molecule has 0 aliphatic heterocycles. The molecular formula is C16H19ClN2O. The van der Waals surface area contributed by atoms with Gasteiger partial charge in [-0.15, -0.1) is 0 Å². The molecule has 2 aromatic rings. The molecule has 1 N–H and O–H groups in total. The first-order chi connectivity index (χ1) is 9.79. The topological polar surface area (TPSA) is 34.2 Å². The van der Waals surface area contributed by atoms with Gasteiger partial charge in [-0.25, -0.2) is 4.98 Å². The number of hydrogen-bond acceptors (Lipinski definition) is 3. The molecule has 0 radical (unpaired) electrons. The molecule has 0 fully saturated rings. The minimum atomic E-state index is 0.632. The highest BCUT2D eigenvalue weighted by atomic mass is 35.5. The van der Waals surface area contributed by atoms with Crippen LogP contribution in [-0.4, -0.2) is 18.6 Å². The average Bonchev–Trinajstić information content (AvgIpc) is 2.48. The molecule has 0 aliphatic carbocycles. The standard InChI is InChI=1S/C16H19ClN2O/c1-18-12-15-14(17)9-10-16(19-15)20-11-5-8-13-6-3-2-4-7-13/h2-4,6-7,9-10,18H,5,8,11-12H2,1H3. The summed E-state index contributed by atoms with van der Waals surface area (Å²) in [6, 6.07) is 14.0. The number of nitrogens with one attached hydrogen (secondary N) is 1. The summed E-state index contributed by atoms with van der Waals surface area (Å²) in [5.74, 6) is 0.632. The normalized spacial score (nSPS) is 10.5. The monoisotopic (exact) mass is 290 g/mol. The van der Waals surface area contributed by atoms with E-state index in [1.165, 1.54) is 5.56 Å². The van der Waals surface area contributed by atoms with Crippen LogP contribution in [-0.2, 0) is 13.0 Å². The highest BCUT2D eigenvalue weighted by molar-refractivity contribution is 6.31. The first kappa shape index (κ1) is 14.8. The number of aryl methyl sites for hydroxylation is 1. The molecule has 1 aromatic heterocycles. The van der Waals surface area contributed by atoms with Gasteiger partial charge in [-0.05, 0) is 31.5 Å². The molecule has 0 amide bonds. The summed E-state index contributed by atoms with van der Waals surface area (Å²) in [6.45, 7) is 1.29. The Labute approximate surface area is 124 Å². The predicted molar refractivity (Wildman–Crippen MR) is 82.3 cm³/mol. The van der Waals surface area contributed by atoms with E-state index in [1.54, 1.807) is 0 Å². The van der Waals surface area contributed by atoms with Crippen molar-refractivity contribution in [2.75, 3.05) is 13.7 Å². The van der Waals surface area contributed by atoms with Crippen molar-refractivity contribution in [1.29, 1.82) is 0 Å². The predicted octanol–water partition coefficient (Wildman–Crippen LogP) is 3.47. The molecule has 2 rings (SSSR count). The lowest BCUT2D eigenvalue weighted by atomic mass is 10.1. The fraction of sp³-hybridized carbons (Fsp3) is 0.312. The first-order valence-electron chi connectivity index (χ1n) is 6.76. The van der Waals surface area contributed by atoms with Gasteiger partial charge in [0.1, 0.15) is 0 Å². The van der Waals surface area contributed by atoms with Gasteiger partial charge in [0.15, 0.2) is 0 Å². The zero-order valence-electron chi connectivity index (χ0n) is 11.6. The Morgan fingerprint density at radius 2 is 1.95 bits per heavy atom. The van der Waals surface area contributed by atoms with Crippen molar-refractivity contribution < 1.29 is 4.74 Å². The second kappa shape index (κ2) is 7.88. The van der Waals surface area contributed by atoms with E-state index in [2.05, 4.69) is 34.6 Å². The number of halogens is 1. The molecule has 4 heteroatoms. The van der Waals surface area contributed by atoms with Crippen molar-refractivity contribution in [2.45, 2.75) is 19.4 Å². The molecule has 0 bridgehead atoms. The van der Waals surface area contributed by atoms with Gasteiger partial charge in [0.05, 0.1) is 17.3 Å². The van der Waals surface area contributed by atoms with E-state index in [9.17, 15) is 0 Å². The minimum absolute atomic E-state index is 0.632. The maximum absolute atomic E-state index is 6.06. The molecule has 0 aliphatic rings. The largest absolute Gasteiger partial charge is 0.478 e. The molecule has 0 saturated heterocycles. The summed E-state index contributed by atoms with van der Waals surface area (Å²) < 4.78 is 5.67. The van der Waals surface area contributed by atoms with Crippen LogP contribution in [0.3, 0.4) is 0 Å². The van der Waals surface area contributed by atoms with Gasteiger partial charge < -0.3 is 10.1 Å². The summed E-state index contributed by atoms with van der Waals surface area (Å²) in [7, 11) is 1.87. The second-order valence-corrected chi connectivity index (χ2v) is 4.95. The van der Waals surface area contributed by atoms with Crippen molar-refractivity contribution in [1.82, 2.24) is 10.3 Å². The quantitative estimate of drug-likeness (QED) is 0.793. The van der Waals surface area contributed by atoms with Crippen molar-refractivity contribution in [3.63, 3.8) is 0 Å². The fourth-order valence-corrected chi connectivity index (χ4v) is 2.11. The molecule has 3 nitrogen and oxygen atoms in total. The molecule has 0 spiro atoms. The number of aromatic nitrogens is 1. The second-order valence-electron chi connectivity index (χ2n) is 4.55. The molecule has 1 aromatic carbocycles. The van der Waals surface area contributed by atoms with Crippen LogP contribution in [0.1, 0.15) is 17.7 Å². The van der Waals surface area contributed by atoms with E-state index >= 15 is 0 Å². The molecule has 20 heavy (non-hydrogen) atoms. The number of nitrogens with zero attached hydrogens (tertiary/aromatic N) is 1. The Morgan fingerprint density at radius 1 is 1.15 bits per heavy atom. The minimum Gasteiger partial charge on any atom is -0.478 e. The number of rotatable bonds is 7. The van der Waals surface area contributed by atoms with Crippen LogP contribution in [0.25, 0.3) is 0 Å². The number of benzene rings is 1. The summed E-state index contributed by atoms with van der Waals surface area (Å²) in [5, 5.41) is 3.70. The van der Waals surface area contributed by atoms with Crippen LogP contribution in [0.5, 0.6) is 5.88 Å². The van der Waals surface area contributed by atoms with E-state index in [-0.39, 0.29) is 0 Å². The SMILES string of the molecule is CNCc1nc(OCCCc2ccccc2)ccc1Cl. The third kappa shape index (κ3) is 4.51. The van der Waals surface area contributed by atoms with Gasteiger partial charge in [-0.2, -0.15) is 0 Å². The van der Waals surface area contributed by atoms with E-state index in [0.29, 0.717) is 24.1 Å². The van der Waals surface area contributed by atoms with Gasteiger partial charge in [-0.3, -0.25) is 0 Å². The van der Waals surface area contributed by atoms with Gasteiger partial charge >= 0.3 is 0 Å². The van der Waals surface area contributed by atoms with Gasteiger partial charge in [0.25, 0.3) is 0 Å². The molecule has 0 atom stereocenters. The zero-order valence-corrected chi connectivity index (χ0v) is 12.4. The van der Waals surface area contributed by atoms with Crippen LogP contribution >= 0.6 is 11.6 Å². The van der Waals surface area contributed by atoms with Crippen molar-refractivity contribution in [2.24, 2.45) is 0 Å². The molecule has 0 saturated carbocycles. The van der Waals surface area contributed by atoms with Crippen LogP contribution in [0.4, 0.5) is 0 Å². The van der Waals surface area contributed by atoms with Crippen LogP contribution in [0, 0.1) is 0 Å². The third-order valence-electron chi connectivity index (χ3n) is 2.94. The molecular weight excluding hydrogens is 272 g/mol. The van der Waals surface area contributed by atoms with Crippen molar-refractivity contribution in [3.8, 4) is 5.88 Å². The lowest BCUT2D eigenvalue weighted by molar-refractivity contribution is 0.298. The summed E-state index contributed by atoms with van der Waals surface area (Å²) in [5.41, 5.74) is 2.14. The Balaban J connectivity index is 1.80. The molecule has 1 heterocycles. The average molecular weight is 291 g/mol. The Kier molecular flexibility index (Phi) is 5.84. The van der Waals surface area contributed by atoms with Crippen LogP contribution < -0.4 is 10.1 Å². The Hall–Kier alpha value is -1.58. The van der Waals surface area contributed by atoms with Gasteiger partial charge in [0.2, 0.25) is 5.88 Å². The fourth-order valence-electron chi connectivity index (χ4n) is 1.93. The van der Waals surface area contributed by atoms with Gasteiger partial charge in [0, 0.05) is 12.6 Å². The maximum Gasteiger partial charge on any atom is 0.213 e. The Bertz CT molecular complexity index is 531. The van der Waals surface area contributed by atoms with Crippen molar-refractivity contribution >= 4 is 11.6 Å². The number of ether oxygens (including phenoxy) is 1. The zero-order chi connectivity index (χ0) is 14.2. The summed E-state index contributed by atoms with van der Waals surface area (Å²) >= 11 is 6.06. The lowest BCUT2D eigenvalue weighted by Crippen LogP contribution is -2.09.